The molecule has 0 unspecified atom stereocenters. The van der Waals surface area contributed by atoms with Crippen LogP contribution in [0.25, 0.3) is 0 Å². The number of fused-ring (bicyclic) bond motifs is 1. The molecule has 0 saturated carbocycles. The summed E-state index contributed by atoms with van der Waals surface area (Å²) >= 11 is 7.48. The van der Waals surface area contributed by atoms with E-state index < -0.39 is 5.96 Å². The van der Waals surface area contributed by atoms with Gasteiger partial charge in [-0.25, -0.2) is 0 Å². The van der Waals surface area contributed by atoms with Gasteiger partial charge in [0.25, 0.3) is 0 Å². The second kappa shape index (κ2) is 3.28. The van der Waals surface area contributed by atoms with Crippen LogP contribution in [0.1, 0.15) is 47.1 Å². The van der Waals surface area contributed by atoms with E-state index in [2.05, 4.69) is 65.8 Å². The van der Waals surface area contributed by atoms with Crippen molar-refractivity contribution in [3.05, 3.63) is 29.8 Å². The Morgan fingerprint density at radius 2 is 1.41 bits per heavy atom. The molecule has 0 amide bonds. The van der Waals surface area contributed by atoms with E-state index >= 15 is 0 Å². The first-order valence-electron chi connectivity index (χ1n) is 6.34. The monoisotopic (exact) mass is 270 g/mol. The molecular weight excluding hydrogens is 247 g/mol. The number of hydrogen-bond acceptors (Lipinski definition) is 0. The molecule has 0 saturated heterocycles. The predicted octanol–water partition coefficient (Wildman–Crippen LogP) is 5.13. The predicted molar refractivity (Wildman–Crippen MR) is 82.1 cm³/mol. The number of benzene rings is 1. The van der Waals surface area contributed by atoms with E-state index in [9.17, 15) is 0 Å². The minimum absolute atomic E-state index is 0.153. The van der Waals surface area contributed by atoms with Gasteiger partial charge in [0.05, 0.1) is 0 Å². The van der Waals surface area contributed by atoms with Crippen molar-refractivity contribution < 1.29 is 0 Å². The van der Waals surface area contributed by atoms with Gasteiger partial charge in [-0.3, -0.25) is 0 Å². The van der Waals surface area contributed by atoms with Crippen molar-refractivity contribution in [1.82, 2.24) is 0 Å². The van der Waals surface area contributed by atoms with Gasteiger partial charge in [0.2, 0.25) is 0 Å². The van der Waals surface area contributed by atoms with Crippen molar-refractivity contribution >= 4 is 22.5 Å². The Bertz CT molecular complexity index is 449. The quantitative estimate of drug-likeness (QED) is 0.573. The van der Waals surface area contributed by atoms with Crippen LogP contribution >= 0.6 is 17.2 Å². The first-order valence-corrected chi connectivity index (χ1v) is 9.66. The molecule has 1 aromatic carbocycles. The second-order valence-electron chi connectivity index (χ2n) is 7.31. The van der Waals surface area contributed by atoms with Gasteiger partial charge in [0.15, 0.2) is 0 Å². The van der Waals surface area contributed by atoms with E-state index in [0.29, 0.717) is 0 Å². The fraction of sp³-hybridized carbons (Fsp3) is 0.600. The van der Waals surface area contributed by atoms with Crippen molar-refractivity contribution in [2.24, 2.45) is 0 Å². The van der Waals surface area contributed by atoms with E-state index in [4.69, 9.17) is 11.2 Å². The molecular formula is C15H24ClP. The molecule has 0 bridgehead atoms. The van der Waals surface area contributed by atoms with Crippen LogP contribution in [0, 0.1) is 0 Å². The molecule has 0 aromatic heterocycles. The van der Waals surface area contributed by atoms with E-state index in [1.165, 1.54) is 10.9 Å². The molecule has 1 aromatic rings. The average Bonchev–Trinajstić information content (AvgIpc) is 2.12. The molecule has 2 heteroatoms. The molecule has 0 aliphatic carbocycles. The zero-order chi connectivity index (χ0) is 13.1. The van der Waals surface area contributed by atoms with Crippen LogP contribution in [-0.4, -0.2) is 10.3 Å². The van der Waals surface area contributed by atoms with E-state index in [1.807, 2.05) is 0 Å². The van der Waals surface area contributed by atoms with Gasteiger partial charge < -0.3 is 0 Å². The molecule has 0 fully saturated rings. The number of hydrogen-bond donors (Lipinski definition) is 0. The van der Waals surface area contributed by atoms with Crippen LogP contribution < -0.4 is 5.30 Å². The Balaban J connectivity index is 2.77. The number of rotatable bonds is 0. The normalized spacial score (nSPS) is 24.1. The van der Waals surface area contributed by atoms with Crippen LogP contribution in [-0.2, 0) is 6.16 Å². The maximum atomic E-state index is 7.48. The third-order valence-corrected chi connectivity index (χ3v) is 16.7. The Hall–Kier alpha value is -0.0600. The van der Waals surface area contributed by atoms with Crippen LogP contribution in [0.3, 0.4) is 0 Å². The Kier molecular flexibility index (Phi) is 2.58. The van der Waals surface area contributed by atoms with Crippen LogP contribution in [0.2, 0.25) is 0 Å². The summed E-state index contributed by atoms with van der Waals surface area (Å²) in [5.74, 6) is -2.39. The van der Waals surface area contributed by atoms with Gasteiger partial charge in [-0.1, -0.05) is 0 Å². The van der Waals surface area contributed by atoms with E-state index in [0.717, 1.165) is 6.16 Å². The van der Waals surface area contributed by atoms with Gasteiger partial charge in [0, 0.05) is 0 Å². The average molecular weight is 271 g/mol. The molecule has 0 N–H and O–H groups in total. The zero-order valence-corrected chi connectivity index (χ0v) is 13.5. The Morgan fingerprint density at radius 1 is 0.941 bits per heavy atom. The first-order chi connectivity index (χ1) is 7.53. The molecule has 96 valence electrons. The van der Waals surface area contributed by atoms with E-state index in [1.54, 1.807) is 0 Å². The molecule has 1 aliphatic heterocycles. The van der Waals surface area contributed by atoms with Gasteiger partial charge >= 0.3 is 110 Å². The molecule has 0 spiro atoms. The maximum absolute atomic E-state index is 7.48. The van der Waals surface area contributed by atoms with Crippen LogP contribution in [0.5, 0.6) is 0 Å². The molecule has 1 aliphatic rings. The fourth-order valence-electron chi connectivity index (χ4n) is 3.62. The fourth-order valence-corrected chi connectivity index (χ4v) is 10.9. The molecule has 0 atom stereocenters. The van der Waals surface area contributed by atoms with Gasteiger partial charge in [-0.2, -0.15) is 0 Å². The summed E-state index contributed by atoms with van der Waals surface area (Å²) in [6.45, 7) is 13.9. The summed E-state index contributed by atoms with van der Waals surface area (Å²) in [5, 5.41) is 1.76. The van der Waals surface area contributed by atoms with Crippen molar-refractivity contribution in [2.45, 2.75) is 58.0 Å². The van der Waals surface area contributed by atoms with Crippen LogP contribution in [0.4, 0.5) is 0 Å². The van der Waals surface area contributed by atoms with Crippen LogP contribution in [0.15, 0.2) is 24.3 Å². The summed E-state index contributed by atoms with van der Waals surface area (Å²) in [6, 6.07) is 8.76. The van der Waals surface area contributed by atoms with Gasteiger partial charge in [0.1, 0.15) is 0 Å². The van der Waals surface area contributed by atoms with Crippen molar-refractivity contribution in [3.63, 3.8) is 0 Å². The van der Waals surface area contributed by atoms with E-state index in [-0.39, 0.29) is 10.3 Å². The molecule has 2 rings (SSSR count). The third-order valence-electron chi connectivity index (χ3n) is 4.76. The van der Waals surface area contributed by atoms with Gasteiger partial charge in [-0.05, 0) is 0 Å². The SMILES string of the molecule is CC(C)(C)P1(Cl)(C(C)(C)C)Cc2ccccc21. The molecule has 17 heavy (non-hydrogen) atoms. The topological polar surface area (TPSA) is 0 Å². The zero-order valence-electron chi connectivity index (χ0n) is 11.8. The third kappa shape index (κ3) is 1.29. The molecule has 1 heterocycles. The second-order valence-corrected chi connectivity index (χ2v) is 15.4. The summed E-state index contributed by atoms with van der Waals surface area (Å²) in [7, 11) is 0. The summed E-state index contributed by atoms with van der Waals surface area (Å²) in [5.41, 5.74) is 1.46. The molecule has 0 radical (unpaired) electrons. The summed E-state index contributed by atoms with van der Waals surface area (Å²) < 4.78 is 0. The summed E-state index contributed by atoms with van der Waals surface area (Å²) in [4.78, 5) is 0. The standard InChI is InChI=1S/C15H24ClP/c1-14(2,3)17(16,15(4,5)6)11-12-9-7-8-10-13(12)17/h7-10H,11H2,1-6H3. The molecule has 0 nitrogen and oxygen atoms in total. The van der Waals surface area contributed by atoms with Crippen molar-refractivity contribution in [3.8, 4) is 0 Å². The van der Waals surface area contributed by atoms with Crippen molar-refractivity contribution in [2.75, 3.05) is 0 Å². The number of halogens is 1. The Labute approximate surface area is 110 Å². The van der Waals surface area contributed by atoms with Gasteiger partial charge in [-0.15, -0.1) is 0 Å². The Morgan fingerprint density at radius 3 is 1.82 bits per heavy atom. The summed E-state index contributed by atoms with van der Waals surface area (Å²) in [6.07, 6.45) is 1.09. The minimum atomic E-state index is -2.39. The first kappa shape index (κ1) is 13.4. The van der Waals surface area contributed by atoms with Crippen molar-refractivity contribution in [1.29, 1.82) is 0 Å².